The van der Waals surface area contributed by atoms with Crippen molar-refractivity contribution in [2.24, 2.45) is 0 Å². The molecule has 17 heavy (non-hydrogen) atoms. The van der Waals surface area contributed by atoms with E-state index < -0.39 is 5.97 Å². The zero-order chi connectivity index (χ0) is 12.7. The highest BCUT2D eigenvalue weighted by Gasteiger charge is 2.26. The maximum atomic E-state index is 11.7. The molecule has 0 aliphatic rings. The number of halogens is 1. The Kier molecular flexibility index (Phi) is 5.60. The minimum Gasteiger partial charge on any atom is -0.457 e. The molecule has 0 amide bonds. The molecular formula is C12H13BrN2O2. The zero-order valence-electron chi connectivity index (χ0n) is 9.52. The van der Waals surface area contributed by atoms with Crippen LogP contribution in [0.15, 0.2) is 28.7 Å². The summed E-state index contributed by atoms with van der Waals surface area (Å²) in [5.41, 5.74) is 9.32. The Morgan fingerprint density at radius 3 is 2.76 bits per heavy atom. The summed E-state index contributed by atoms with van der Waals surface area (Å²) in [7, 11) is 0. The minimum absolute atomic E-state index is 0.0893. The van der Waals surface area contributed by atoms with E-state index >= 15 is 0 Å². The van der Waals surface area contributed by atoms with Gasteiger partial charge in [-0.15, -0.1) is 0 Å². The van der Waals surface area contributed by atoms with Gasteiger partial charge in [-0.05, 0) is 34.5 Å². The van der Waals surface area contributed by atoms with Crippen molar-refractivity contribution in [2.75, 3.05) is 6.61 Å². The fourth-order valence-corrected chi connectivity index (χ4v) is 1.71. The molecule has 1 aromatic carbocycles. The molecule has 0 radical (unpaired) electrons. The number of hydrogen-bond donors (Lipinski definition) is 0. The van der Waals surface area contributed by atoms with Gasteiger partial charge in [0.2, 0.25) is 0 Å². The fourth-order valence-electron chi connectivity index (χ4n) is 1.24. The monoisotopic (exact) mass is 296 g/mol. The first-order chi connectivity index (χ1) is 8.20. The fraction of sp³-hybridized carbons (Fsp3) is 0.333. The van der Waals surface area contributed by atoms with Crippen molar-refractivity contribution in [3.63, 3.8) is 0 Å². The molecule has 0 N–H and O–H groups in total. The number of carbonyl (C=O) groups is 1. The number of carbonyl (C=O) groups excluding carboxylic acids is 1. The van der Waals surface area contributed by atoms with Gasteiger partial charge in [-0.1, -0.05) is 25.5 Å². The normalized spacial score (nSPS) is 9.53. The van der Waals surface area contributed by atoms with Gasteiger partial charge in [0.15, 0.2) is 0 Å². The summed E-state index contributed by atoms with van der Waals surface area (Å²) >= 11 is 3.29. The molecule has 0 spiro atoms. The third kappa shape index (κ3) is 3.80. The largest absolute Gasteiger partial charge is 0.457 e. The lowest BCUT2D eigenvalue weighted by molar-refractivity contribution is -0.140. The van der Waals surface area contributed by atoms with Gasteiger partial charge in [0.25, 0.3) is 0 Å². The van der Waals surface area contributed by atoms with Gasteiger partial charge in [-0.3, -0.25) is 0 Å². The van der Waals surface area contributed by atoms with Gasteiger partial charge in [-0.25, -0.2) is 4.79 Å². The zero-order valence-corrected chi connectivity index (χ0v) is 11.1. The van der Waals surface area contributed by atoms with Crippen molar-refractivity contribution >= 4 is 27.6 Å². The van der Waals surface area contributed by atoms with Crippen LogP contribution in [0, 0.1) is 0 Å². The maximum Gasteiger partial charge on any atom is 0.422 e. The summed E-state index contributed by atoms with van der Waals surface area (Å²) < 4.78 is 5.68. The van der Waals surface area contributed by atoms with Crippen LogP contribution >= 0.6 is 15.9 Å². The molecule has 0 aliphatic carbocycles. The van der Waals surface area contributed by atoms with E-state index in [2.05, 4.69) is 20.7 Å². The first kappa shape index (κ1) is 13.6. The number of unbranched alkanes of at least 4 members (excludes halogenated alkanes) is 1. The highest BCUT2D eigenvalue weighted by Crippen LogP contribution is 2.16. The first-order valence-corrected chi connectivity index (χ1v) is 6.14. The van der Waals surface area contributed by atoms with Crippen LogP contribution in [0.1, 0.15) is 25.3 Å². The second-order valence-electron chi connectivity index (χ2n) is 3.42. The van der Waals surface area contributed by atoms with Crippen molar-refractivity contribution in [3.05, 3.63) is 39.8 Å². The van der Waals surface area contributed by atoms with Crippen LogP contribution in [0.3, 0.4) is 0 Å². The summed E-state index contributed by atoms with van der Waals surface area (Å²) in [5, 5.41) is 0. The molecule has 5 heteroatoms. The Labute approximate surface area is 108 Å². The van der Waals surface area contributed by atoms with E-state index in [0.717, 1.165) is 12.8 Å². The lowest BCUT2D eigenvalue weighted by atomic mass is 10.1. The lowest BCUT2D eigenvalue weighted by Crippen LogP contribution is -2.20. The van der Waals surface area contributed by atoms with Crippen LogP contribution in [-0.2, 0) is 9.53 Å². The molecule has 0 aromatic heterocycles. The molecule has 0 atom stereocenters. The van der Waals surface area contributed by atoms with Crippen LogP contribution in [-0.4, -0.2) is 23.1 Å². The summed E-state index contributed by atoms with van der Waals surface area (Å²) in [4.78, 5) is 14.7. The topological polar surface area (TPSA) is 62.7 Å². The van der Waals surface area contributed by atoms with Crippen LogP contribution < -0.4 is 0 Å². The van der Waals surface area contributed by atoms with Crippen molar-refractivity contribution in [1.29, 1.82) is 0 Å². The minimum atomic E-state index is -0.618. The van der Waals surface area contributed by atoms with Gasteiger partial charge in [0, 0.05) is 4.47 Å². The number of benzene rings is 1. The predicted octanol–water partition coefficient (Wildman–Crippen LogP) is 2.81. The van der Waals surface area contributed by atoms with E-state index in [0.29, 0.717) is 16.6 Å². The Balaban J connectivity index is 2.83. The predicted molar refractivity (Wildman–Crippen MR) is 67.7 cm³/mol. The second kappa shape index (κ2) is 6.99. The maximum absolute atomic E-state index is 11.7. The van der Waals surface area contributed by atoms with Crippen molar-refractivity contribution < 1.29 is 14.3 Å². The Bertz CT molecular complexity index is 454. The molecule has 90 valence electrons. The number of rotatable bonds is 5. The van der Waals surface area contributed by atoms with Crippen LogP contribution in [0.5, 0.6) is 0 Å². The molecule has 0 fully saturated rings. The van der Waals surface area contributed by atoms with Crippen molar-refractivity contribution in [2.45, 2.75) is 19.8 Å². The molecule has 1 aromatic rings. The van der Waals surface area contributed by atoms with Crippen LogP contribution in [0.4, 0.5) is 0 Å². The number of hydrogen-bond acceptors (Lipinski definition) is 2. The standard InChI is InChI=1S/C12H13BrN2O2/c1-2-3-8-17-12(16)11(15-14)9-6-4-5-7-10(9)13/h4-7H,2-3,8H2,1H3. The van der Waals surface area contributed by atoms with E-state index in [1.54, 1.807) is 18.2 Å². The molecule has 0 unspecified atom stereocenters. The molecule has 0 heterocycles. The molecule has 4 nitrogen and oxygen atoms in total. The third-order valence-electron chi connectivity index (χ3n) is 2.15. The van der Waals surface area contributed by atoms with E-state index in [1.807, 2.05) is 13.0 Å². The van der Waals surface area contributed by atoms with Gasteiger partial charge in [0.05, 0.1) is 12.2 Å². The van der Waals surface area contributed by atoms with Crippen molar-refractivity contribution in [3.8, 4) is 0 Å². The summed E-state index contributed by atoms with van der Waals surface area (Å²) in [6, 6.07) is 7.01. The molecule has 1 rings (SSSR count). The van der Waals surface area contributed by atoms with Gasteiger partial charge in [-0.2, -0.15) is 4.79 Å². The number of esters is 1. The molecule has 0 bridgehead atoms. The highest BCUT2D eigenvalue weighted by atomic mass is 79.9. The van der Waals surface area contributed by atoms with Gasteiger partial charge < -0.3 is 10.3 Å². The molecule has 0 saturated heterocycles. The van der Waals surface area contributed by atoms with Gasteiger partial charge >= 0.3 is 11.7 Å². The smallest absolute Gasteiger partial charge is 0.422 e. The van der Waals surface area contributed by atoms with E-state index in [9.17, 15) is 4.79 Å². The Morgan fingerprint density at radius 1 is 1.47 bits per heavy atom. The van der Waals surface area contributed by atoms with E-state index in [1.165, 1.54) is 0 Å². The quantitative estimate of drug-likeness (QED) is 0.276. The molecule has 0 aliphatic heterocycles. The summed E-state index contributed by atoms with van der Waals surface area (Å²) in [6.07, 6.45) is 1.73. The van der Waals surface area contributed by atoms with E-state index in [-0.39, 0.29) is 5.71 Å². The van der Waals surface area contributed by atoms with Crippen molar-refractivity contribution in [1.82, 2.24) is 0 Å². The average Bonchev–Trinajstić information content (AvgIpc) is 2.33. The second-order valence-corrected chi connectivity index (χ2v) is 4.27. The molecule has 0 saturated carbocycles. The SMILES string of the molecule is CCCCOC(=O)C(=[N+]=[N-])c1ccccc1Br. The molecular weight excluding hydrogens is 284 g/mol. The number of ether oxygens (including phenoxy) is 1. The third-order valence-corrected chi connectivity index (χ3v) is 2.84. The highest BCUT2D eigenvalue weighted by molar-refractivity contribution is 9.10. The van der Waals surface area contributed by atoms with Gasteiger partial charge in [0.1, 0.15) is 0 Å². The summed E-state index contributed by atoms with van der Waals surface area (Å²) in [6.45, 7) is 2.33. The first-order valence-electron chi connectivity index (χ1n) is 5.34. The summed E-state index contributed by atoms with van der Waals surface area (Å²) in [5.74, 6) is -0.618. The van der Waals surface area contributed by atoms with E-state index in [4.69, 9.17) is 10.3 Å². The Morgan fingerprint density at radius 2 is 2.18 bits per heavy atom. The number of nitrogens with zero attached hydrogens (tertiary/aromatic N) is 2. The van der Waals surface area contributed by atoms with Crippen LogP contribution in [0.25, 0.3) is 5.53 Å². The Hall–Kier alpha value is -1.45. The van der Waals surface area contributed by atoms with Crippen LogP contribution in [0.2, 0.25) is 0 Å². The lowest BCUT2D eigenvalue weighted by Gasteiger charge is -2.01. The average molecular weight is 297 g/mol.